The summed E-state index contributed by atoms with van der Waals surface area (Å²) >= 11 is 3.65. The summed E-state index contributed by atoms with van der Waals surface area (Å²) in [4.78, 5) is 0. The Morgan fingerprint density at radius 1 is 0.571 bits per heavy atom. The zero-order chi connectivity index (χ0) is 23.9. The second-order valence-corrected chi connectivity index (χ2v) is 14.3. The van der Waals surface area contributed by atoms with Crippen molar-refractivity contribution in [2.45, 2.75) is 13.0 Å². The zero-order valence-electron chi connectivity index (χ0n) is 19.5. The molecule has 3 heteroatoms. The van der Waals surface area contributed by atoms with Gasteiger partial charge in [0.05, 0.1) is 0 Å². The summed E-state index contributed by atoms with van der Waals surface area (Å²) in [5.74, 6) is 0. The van der Waals surface area contributed by atoms with Gasteiger partial charge < -0.3 is 0 Å². The number of fused-ring (bicyclic) bond motifs is 1. The molecule has 0 fully saturated rings. The molecule has 0 spiro atoms. The monoisotopic (exact) mass is 536 g/mol. The van der Waals surface area contributed by atoms with Crippen LogP contribution < -0.4 is 21.2 Å². The van der Waals surface area contributed by atoms with E-state index < -0.39 is 6.83 Å². The van der Waals surface area contributed by atoms with Crippen molar-refractivity contribution in [3.63, 3.8) is 0 Å². The minimum atomic E-state index is -3.56. The average Bonchev–Trinajstić information content (AvgIpc) is 3.24. The van der Waals surface area contributed by atoms with Crippen LogP contribution in [0.15, 0.2) is 138 Å². The first-order chi connectivity index (χ1) is 17.1. The summed E-state index contributed by atoms with van der Waals surface area (Å²) in [5.41, 5.74) is 3.66. The van der Waals surface area contributed by atoms with Crippen molar-refractivity contribution in [3.8, 4) is 0 Å². The Hall–Kier alpha value is -3.03. The van der Waals surface area contributed by atoms with Gasteiger partial charge in [0.1, 0.15) is 0 Å². The van der Waals surface area contributed by atoms with Crippen LogP contribution in [0.4, 0.5) is 0 Å². The van der Waals surface area contributed by atoms with Gasteiger partial charge in [0, 0.05) is 0 Å². The van der Waals surface area contributed by atoms with Crippen molar-refractivity contribution in [2.75, 3.05) is 0 Å². The molecule has 1 nitrogen and oxygen atoms in total. The summed E-state index contributed by atoms with van der Waals surface area (Å²) in [5, 5.41) is 4.95. The molecule has 0 saturated carbocycles. The zero-order valence-corrected chi connectivity index (χ0v) is 22.0. The van der Waals surface area contributed by atoms with Crippen LogP contribution in [-0.4, -0.2) is 0 Å². The van der Waals surface area contributed by atoms with E-state index >= 15 is 0 Å². The van der Waals surface area contributed by atoms with Crippen LogP contribution in [0.3, 0.4) is 0 Å². The van der Waals surface area contributed by atoms with E-state index in [-0.39, 0.29) is 6.10 Å². The first-order valence-corrected chi connectivity index (χ1v) is 14.8. The van der Waals surface area contributed by atoms with Gasteiger partial charge in [-0.25, -0.2) is 0 Å². The van der Waals surface area contributed by atoms with Gasteiger partial charge >= 0.3 is 216 Å². The molecule has 0 aromatic heterocycles. The van der Waals surface area contributed by atoms with Crippen LogP contribution >= 0.6 is 22.8 Å². The third-order valence-electron chi connectivity index (χ3n) is 7.26. The molecule has 1 atom stereocenters. The summed E-state index contributed by atoms with van der Waals surface area (Å²) in [6.07, 6.45) is -0.183. The molecule has 0 saturated heterocycles. The van der Waals surface area contributed by atoms with Crippen LogP contribution in [-0.2, 0) is 4.52 Å². The third-order valence-corrected chi connectivity index (χ3v) is 13.6. The van der Waals surface area contributed by atoms with E-state index in [1.807, 2.05) is 0 Å². The summed E-state index contributed by atoms with van der Waals surface area (Å²) in [6.45, 7) is -1.38. The maximum absolute atomic E-state index is 7.79. The van der Waals surface area contributed by atoms with Crippen LogP contribution in [0, 0.1) is 6.92 Å². The molecule has 1 aliphatic rings. The summed E-state index contributed by atoms with van der Waals surface area (Å²) in [7, 11) is 0. The van der Waals surface area contributed by atoms with E-state index in [2.05, 4.69) is 156 Å². The van der Waals surface area contributed by atoms with Gasteiger partial charge in [-0.1, -0.05) is 0 Å². The average molecular weight is 537 g/mol. The Morgan fingerprint density at radius 3 is 1.57 bits per heavy atom. The van der Waals surface area contributed by atoms with E-state index in [9.17, 15) is 0 Å². The Bertz CT molecular complexity index is 1400. The van der Waals surface area contributed by atoms with E-state index in [0.29, 0.717) is 0 Å². The van der Waals surface area contributed by atoms with Crippen molar-refractivity contribution in [1.29, 1.82) is 0 Å². The Kier molecular flexibility index (Phi) is 5.49. The van der Waals surface area contributed by atoms with Crippen molar-refractivity contribution in [1.82, 2.24) is 0 Å². The predicted molar refractivity (Wildman–Crippen MR) is 153 cm³/mol. The molecule has 0 amide bonds. The normalized spacial score (nSPS) is 18.8. The molecular formula is C32H26BrOP. The van der Waals surface area contributed by atoms with Gasteiger partial charge in [0.15, 0.2) is 0 Å². The molecule has 1 unspecified atom stereocenters. The fourth-order valence-electron chi connectivity index (χ4n) is 5.76. The second kappa shape index (κ2) is 8.57. The van der Waals surface area contributed by atoms with Crippen molar-refractivity contribution in [3.05, 3.63) is 155 Å². The molecule has 0 N–H and O–H groups in total. The number of aryl methyl sites for hydroxylation is 1. The number of hydrogen-bond donors (Lipinski definition) is 0. The van der Waals surface area contributed by atoms with Gasteiger partial charge in [-0.2, -0.15) is 0 Å². The quantitative estimate of drug-likeness (QED) is 0.226. The van der Waals surface area contributed by atoms with Crippen molar-refractivity contribution >= 4 is 44.0 Å². The molecule has 0 bridgehead atoms. The first kappa shape index (κ1) is 22.4. The molecule has 1 aliphatic heterocycles. The molecular weight excluding hydrogens is 511 g/mol. The number of halogens is 1. The predicted octanol–water partition coefficient (Wildman–Crippen LogP) is 6.95. The molecule has 0 radical (unpaired) electrons. The van der Waals surface area contributed by atoms with Crippen molar-refractivity contribution < 1.29 is 4.52 Å². The third kappa shape index (κ3) is 3.14. The number of benzene rings is 5. The van der Waals surface area contributed by atoms with Gasteiger partial charge in [-0.15, -0.1) is 0 Å². The second-order valence-electron chi connectivity index (χ2n) is 9.09. The SMILES string of the molecule is Cc1cc(Br)ccc1C1OP(c2ccccc2)(c2ccccc2)(c2ccccc2)c2ccccc21. The van der Waals surface area contributed by atoms with Crippen molar-refractivity contribution in [2.24, 2.45) is 0 Å². The first-order valence-electron chi connectivity index (χ1n) is 11.9. The fourth-order valence-corrected chi connectivity index (χ4v) is 12.4. The van der Waals surface area contributed by atoms with E-state index in [1.165, 1.54) is 37.9 Å². The topological polar surface area (TPSA) is 9.23 Å². The van der Waals surface area contributed by atoms with E-state index in [4.69, 9.17) is 4.52 Å². The molecule has 5 aromatic carbocycles. The van der Waals surface area contributed by atoms with Gasteiger partial charge in [0.25, 0.3) is 0 Å². The molecule has 5 aromatic rings. The van der Waals surface area contributed by atoms with Crippen LogP contribution in [0.25, 0.3) is 0 Å². The molecule has 6 rings (SSSR count). The maximum atomic E-state index is 7.79. The Morgan fingerprint density at radius 2 is 1.06 bits per heavy atom. The Labute approximate surface area is 215 Å². The van der Waals surface area contributed by atoms with Gasteiger partial charge in [-0.3, -0.25) is 0 Å². The van der Waals surface area contributed by atoms with Crippen LogP contribution in [0.2, 0.25) is 0 Å². The fraction of sp³-hybridized carbons (Fsp3) is 0.0625. The van der Waals surface area contributed by atoms with Crippen LogP contribution in [0.5, 0.6) is 0 Å². The summed E-state index contributed by atoms with van der Waals surface area (Å²) < 4.78 is 8.87. The number of rotatable bonds is 4. The van der Waals surface area contributed by atoms with E-state index in [1.54, 1.807) is 0 Å². The molecule has 35 heavy (non-hydrogen) atoms. The Balaban J connectivity index is 1.81. The minimum absolute atomic E-state index is 0.183. The molecule has 172 valence electrons. The molecule has 1 heterocycles. The number of hydrogen-bond acceptors (Lipinski definition) is 1. The standard InChI is InChI=1S/C32H26BrOP/c1-24-23-25(33)21-22-29(24)32-30-19-11-12-20-31(30)35(34-32,26-13-5-2-6-14-26,27-15-7-3-8-16-27)28-17-9-4-10-18-28/h2-23,32H,1H3. The van der Waals surface area contributed by atoms with Crippen LogP contribution in [0.1, 0.15) is 22.8 Å². The van der Waals surface area contributed by atoms with E-state index in [0.717, 1.165) is 4.47 Å². The van der Waals surface area contributed by atoms with Gasteiger partial charge in [0.2, 0.25) is 0 Å². The summed E-state index contributed by atoms with van der Waals surface area (Å²) in [6, 6.07) is 48.0. The molecule has 0 aliphatic carbocycles. The van der Waals surface area contributed by atoms with Gasteiger partial charge in [-0.05, 0) is 0 Å².